The van der Waals surface area contributed by atoms with Crippen molar-refractivity contribution in [2.45, 2.75) is 38.6 Å². The lowest BCUT2D eigenvalue weighted by molar-refractivity contribution is -0.124. The van der Waals surface area contributed by atoms with Crippen LogP contribution in [0, 0.1) is 18.8 Å². The summed E-state index contributed by atoms with van der Waals surface area (Å²) >= 11 is 0. The van der Waals surface area contributed by atoms with Crippen molar-refractivity contribution in [1.82, 2.24) is 9.62 Å². The molecule has 2 atom stereocenters. The highest BCUT2D eigenvalue weighted by atomic mass is 32.2. The van der Waals surface area contributed by atoms with Crippen molar-refractivity contribution in [2.24, 2.45) is 11.8 Å². The molecule has 1 aliphatic rings. The van der Waals surface area contributed by atoms with Gasteiger partial charge in [-0.3, -0.25) is 4.79 Å². The Labute approximate surface area is 189 Å². The summed E-state index contributed by atoms with van der Waals surface area (Å²) < 4.78 is 32.4. The van der Waals surface area contributed by atoms with Gasteiger partial charge in [-0.25, -0.2) is 13.2 Å². The largest absolute Gasteiger partial charge is 0.452 e. The van der Waals surface area contributed by atoms with Gasteiger partial charge >= 0.3 is 5.97 Å². The third kappa shape index (κ3) is 6.17. The van der Waals surface area contributed by atoms with Gasteiger partial charge in [-0.05, 0) is 55.0 Å². The Morgan fingerprint density at radius 2 is 1.59 bits per heavy atom. The summed E-state index contributed by atoms with van der Waals surface area (Å²) in [5.74, 6) is -0.481. The van der Waals surface area contributed by atoms with Gasteiger partial charge in [0.25, 0.3) is 5.91 Å². The maximum atomic E-state index is 12.9. The van der Waals surface area contributed by atoms with Crippen LogP contribution in [0.3, 0.4) is 0 Å². The number of sulfonamides is 1. The molecule has 1 saturated heterocycles. The van der Waals surface area contributed by atoms with Gasteiger partial charge in [0.2, 0.25) is 10.0 Å². The highest BCUT2D eigenvalue weighted by Gasteiger charge is 2.31. The summed E-state index contributed by atoms with van der Waals surface area (Å²) in [7, 11) is -3.62. The van der Waals surface area contributed by atoms with Crippen molar-refractivity contribution in [3.05, 3.63) is 65.2 Å². The molecule has 1 N–H and O–H groups in total. The second kappa shape index (κ2) is 10.3. The van der Waals surface area contributed by atoms with E-state index >= 15 is 0 Å². The number of hydrogen-bond acceptors (Lipinski definition) is 5. The van der Waals surface area contributed by atoms with Crippen molar-refractivity contribution in [1.29, 1.82) is 0 Å². The predicted molar refractivity (Wildman–Crippen MR) is 121 cm³/mol. The number of nitrogens with one attached hydrogen (secondary N) is 1. The van der Waals surface area contributed by atoms with Gasteiger partial charge in [0.15, 0.2) is 6.61 Å². The molecular formula is C24H30N2O5S. The number of esters is 1. The van der Waals surface area contributed by atoms with Gasteiger partial charge in [0.1, 0.15) is 0 Å². The first-order valence-electron chi connectivity index (χ1n) is 10.7. The summed E-state index contributed by atoms with van der Waals surface area (Å²) in [6.45, 7) is 7.01. The van der Waals surface area contributed by atoms with E-state index in [4.69, 9.17) is 4.74 Å². The van der Waals surface area contributed by atoms with Crippen LogP contribution in [0.5, 0.6) is 0 Å². The third-order valence-corrected chi connectivity index (χ3v) is 7.35. The molecule has 8 heteroatoms. The zero-order valence-electron chi connectivity index (χ0n) is 18.7. The minimum Gasteiger partial charge on any atom is -0.452 e. The molecule has 1 aliphatic heterocycles. The van der Waals surface area contributed by atoms with Crippen LogP contribution in [0.2, 0.25) is 0 Å². The average Bonchev–Trinajstić information content (AvgIpc) is 2.76. The van der Waals surface area contributed by atoms with Crippen LogP contribution < -0.4 is 5.32 Å². The number of ether oxygens (including phenoxy) is 1. The molecular weight excluding hydrogens is 428 g/mol. The Morgan fingerprint density at radius 3 is 2.19 bits per heavy atom. The molecule has 7 nitrogen and oxygen atoms in total. The van der Waals surface area contributed by atoms with Crippen LogP contribution in [0.1, 0.15) is 41.8 Å². The van der Waals surface area contributed by atoms with E-state index in [2.05, 4.69) is 5.32 Å². The first kappa shape index (κ1) is 23.9. The number of rotatable bonds is 7. The van der Waals surface area contributed by atoms with E-state index in [9.17, 15) is 18.0 Å². The number of aryl methyl sites for hydroxylation is 1. The van der Waals surface area contributed by atoms with Crippen molar-refractivity contribution in [2.75, 3.05) is 19.7 Å². The first-order valence-corrected chi connectivity index (χ1v) is 12.2. The Hall–Kier alpha value is -2.71. The molecule has 0 saturated carbocycles. The number of hydrogen-bond donors (Lipinski definition) is 1. The lowest BCUT2D eigenvalue weighted by atomic mass is 9.94. The highest BCUT2D eigenvalue weighted by Crippen LogP contribution is 2.26. The minimum absolute atomic E-state index is 0.145. The number of benzene rings is 2. The predicted octanol–water partition coefficient (Wildman–Crippen LogP) is 3.13. The summed E-state index contributed by atoms with van der Waals surface area (Å²) in [5, 5.41) is 2.70. The Morgan fingerprint density at radius 1 is 1.00 bits per heavy atom. The van der Waals surface area contributed by atoms with Crippen LogP contribution in [-0.2, 0) is 26.1 Å². The molecule has 3 rings (SSSR count). The number of piperidine rings is 1. The monoisotopic (exact) mass is 458 g/mol. The van der Waals surface area contributed by atoms with Crippen LogP contribution in [0.4, 0.5) is 0 Å². The second-order valence-corrected chi connectivity index (χ2v) is 10.6. The molecule has 0 radical (unpaired) electrons. The summed E-state index contributed by atoms with van der Waals surface area (Å²) in [5.41, 5.74) is 2.27. The van der Waals surface area contributed by atoms with Gasteiger partial charge in [0.05, 0.1) is 10.5 Å². The molecule has 172 valence electrons. The van der Waals surface area contributed by atoms with E-state index in [0.29, 0.717) is 31.5 Å². The normalized spacial score (nSPS) is 19.3. The number of carbonyl (C=O) groups excluding carboxylic acids is 2. The van der Waals surface area contributed by atoms with E-state index in [0.717, 1.165) is 17.5 Å². The molecule has 0 aromatic heterocycles. The summed E-state index contributed by atoms with van der Waals surface area (Å²) in [6, 6.07) is 13.4. The molecule has 0 bridgehead atoms. The molecule has 0 aliphatic carbocycles. The van der Waals surface area contributed by atoms with E-state index in [1.54, 1.807) is 0 Å². The zero-order valence-corrected chi connectivity index (χ0v) is 19.5. The number of nitrogens with zero attached hydrogens (tertiary/aromatic N) is 1. The van der Waals surface area contributed by atoms with E-state index < -0.39 is 28.5 Å². The fourth-order valence-corrected chi connectivity index (χ4v) is 5.57. The Bertz CT molecular complexity index is 1040. The van der Waals surface area contributed by atoms with Crippen LogP contribution in [0.15, 0.2) is 53.4 Å². The summed E-state index contributed by atoms with van der Waals surface area (Å²) in [4.78, 5) is 24.4. The highest BCUT2D eigenvalue weighted by molar-refractivity contribution is 7.89. The van der Waals surface area contributed by atoms with Crippen LogP contribution >= 0.6 is 0 Å². The molecule has 0 unspecified atom stereocenters. The quantitative estimate of drug-likeness (QED) is 0.644. The smallest absolute Gasteiger partial charge is 0.338 e. The number of carbonyl (C=O) groups is 2. The van der Waals surface area contributed by atoms with Gasteiger partial charge in [-0.2, -0.15) is 4.31 Å². The Balaban J connectivity index is 1.53. The summed E-state index contributed by atoms with van der Waals surface area (Å²) in [6.07, 6.45) is 1.01. The lowest BCUT2D eigenvalue weighted by Crippen LogP contribution is -2.42. The third-order valence-electron chi connectivity index (χ3n) is 5.51. The fraction of sp³-hybridized carbons (Fsp3) is 0.417. The number of amides is 1. The fourth-order valence-electron chi connectivity index (χ4n) is 3.89. The van der Waals surface area contributed by atoms with E-state index in [-0.39, 0.29) is 10.5 Å². The van der Waals surface area contributed by atoms with E-state index in [1.165, 1.54) is 28.6 Å². The topological polar surface area (TPSA) is 92.8 Å². The van der Waals surface area contributed by atoms with Gasteiger partial charge < -0.3 is 10.1 Å². The molecule has 1 fully saturated rings. The molecule has 0 spiro atoms. The van der Waals surface area contributed by atoms with E-state index in [1.807, 2.05) is 45.0 Å². The molecule has 2 aromatic rings. The van der Waals surface area contributed by atoms with Gasteiger partial charge in [0, 0.05) is 19.6 Å². The SMILES string of the molecule is Cc1ccc(CNC(=O)COC(=O)c2ccc(S(=O)(=O)N3C[C@H](C)C[C@H](C)C3)cc2)cc1. The minimum atomic E-state index is -3.62. The molecule has 1 amide bonds. The van der Waals surface area contributed by atoms with Crippen LogP contribution in [0.25, 0.3) is 0 Å². The van der Waals surface area contributed by atoms with Crippen LogP contribution in [-0.4, -0.2) is 44.3 Å². The lowest BCUT2D eigenvalue weighted by Gasteiger charge is -2.34. The van der Waals surface area contributed by atoms with Crippen molar-refractivity contribution < 1.29 is 22.7 Å². The standard InChI is InChI=1S/C24H30N2O5S/c1-17-4-6-20(7-5-17)13-25-23(27)16-31-24(28)21-8-10-22(11-9-21)32(29,30)26-14-18(2)12-19(3)15-26/h4-11,18-19H,12-16H2,1-3H3,(H,25,27)/t18-,19+. The van der Waals surface area contributed by atoms with Gasteiger partial charge in [-0.15, -0.1) is 0 Å². The second-order valence-electron chi connectivity index (χ2n) is 8.63. The maximum Gasteiger partial charge on any atom is 0.338 e. The van der Waals surface area contributed by atoms with Gasteiger partial charge in [-0.1, -0.05) is 43.7 Å². The van der Waals surface area contributed by atoms with Crippen molar-refractivity contribution in [3.8, 4) is 0 Å². The Kier molecular flexibility index (Phi) is 7.69. The first-order chi connectivity index (χ1) is 15.1. The van der Waals surface area contributed by atoms with Crippen molar-refractivity contribution >= 4 is 21.9 Å². The zero-order chi connectivity index (χ0) is 23.3. The molecule has 2 aromatic carbocycles. The van der Waals surface area contributed by atoms with Crippen molar-refractivity contribution in [3.63, 3.8) is 0 Å². The molecule has 1 heterocycles. The average molecular weight is 459 g/mol. The molecule has 32 heavy (non-hydrogen) atoms. The maximum absolute atomic E-state index is 12.9.